The summed E-state index contributed by atoms with van der Waals surface area (Å²) < 4.78 is 38.9. The van der Waals surface area contributed by atoms with Gasteiger partial charge >= 0.3 is 12.2 Å². The Balaban J connectivity index is 1.89. The molecule has 2 aromatic rings. The minimum absolute atomic E-state index is 0.0646. The molecular formula is C16H12ClF3N2O2. The van der Waals surface area contributed by atoms with Gasteiger partial charge in [-0.15, -0.1) is 0 Å². The van der Waals surface area contributed by atoms with Crippen LogP contribution in [0, 0.1) is 0 Å². The van der Waals surface area contributed by atoms with Crippen molar-refractivity contribution in [3.63, 3.8) is 0 Å². The highest BCUT2D eigenvalue weighted by molar-refractivity contribution is 6.31. The van der Waals surface area contributed by atoms with Gasteiger partial charge in [0.05, 0.1) is 10.6 Å². The molecule has 0 atom stereocenters. The summed E-state index contributed by atoms with van der Waals surface area (Å²) in [5.74, 6) is 0.0646. The van der Waals surface area contributed by atoms with Crippen LogP contribution in [0.15, 0.2) is 42.5 Å². The summed E-state index contributed by atoms with van der Waals surface area (Å²) in [5, 5.41) is 8.89. The van der Waals surface area contributed by atoms with Crippen LogP contribution in [-0.4, -0.2) is 24.2 Å². The summed E-state index contributed by atoms with van der Waals surface area (Å²) in [6.07, 6.45) is -4.59. The van der Waals surface area contributed by atoms with Crippen molar-refractivity contribution in [2.45, 2.75) is 6.18 Å². The first-order chi connectivity index (χ1) is 11.3. The zero-order valence-corrected chi connectivity index (χ0v) is 13.0. The predicted molar refractivity (Wildman–Crippen MR) is 84.6 cm³/mol. The van der Waals surface area contributed by atoms with Crippen LogP contribution >= 0.6 is 11.6 Å². The van der Waals surface area contributed by atoms with Crippen LogP contribution in [0.5, 0.6) is 5.75 Å². The third-order valence-corrected chi connectivity index (χ3v) is 4.07. The fraction of sp³-hybridized carbons (Fsp3) is 0.188. The standard InChI is InChI=1S/C16H12ClF3N2O2/c17-14-6-3-11(9-13(14)16(18,19)20)22-8-7-21(15(22)24)10-1-4-12(23)5-2-10/h1-6,9,23H,7-8H2. The molecule has 0 spiro atoms. The molecule has 8 heteroatoms. The van der Waals surface area contributed by atoms with Crippen molar-refractivity contribution < 1.29 is 23.1 Å². The molecule has 24 heavy (non-hydrogen) atoms. The second-order valence-electron chi connectivity index (χ2n) is 5.26. The van der Waals surface area contributed by atoms with E-state index in [1.54, 1.807) is 12.1 Å². The number of hydrogen-bond donors (Lipinski definition) is 1. The third kappa shape index (κ3) is 2.99. The Morgan fingerprint density at radius 1 is 0.958 bits per heavy atom. The molecular weight excluding hydrogens is 345 g/mol. The molecule has 0 bridgehead atoms. The van der Waals surface area contributed by atoms with Crippen molar-refractivity contribution in [3.05, 3.63) is 53.1 Å². The van der Waals surface area contributed by atoms with E-state index in [1.165, 1.54) is 28.0 Å². The summed E-state index contributed by atoms with van der Waals surface area (Å²) in [4.78, 5) is 15.2. The molecule has 1 heterocycles. The Labute approximate surface area is 140 Å². The Morgan fingerprint density at radius 2 is 1.50 bits per heavy atom. The number of phenolic OH excluding ortho intramolecular Hbond substituents is 1. The lowest BCUT2D eigenvalue weighted by molar-refractivity contribution is -0.137. The second-order valence-corrected chi connectivity index (χ2v) is 5.67. The van der Waals surface area contributed by atoms with E-state index in [0.717, 1.165) is 12.1 Å². The maximum Gasteiger partial charge on any atom is 0.417 e. The number of anilines is 2. The molecule has 0 aliphatic carbocycles. The molecule has 2 aromatic carbocycles. The van der Waals surface area contributed by atoms with Crippen LogP contribution in [0.4, 0.5) is 29.3 Å². The molecule has 0 unspecified atom stereocenters. The number of carbonyl (C=O) groups is 1. The lowest BCUT2D eigenvalue weighted by Crippen LogP contribution is -2.31. The Bertz CT molecular complexity index is 778. The largest absolute Gasteiger partial charge is 0.508 e. The van der Waals surface area contributed by atoms with E-state index in [4.69, 9.17) is 11.6 Å². The molecule has 1 N–H and O–H groups in total. The fourth-order valence-corrected chi connectivity index (χ4v) is 2.77. The molecule has 126 valence electrons. The van der Waals surface area contributed by atoms with E-state index in [9.17, 15) is 23.1 Å². The first-order valence-corrected chi connectivity index (χ1v) is 7.40. The number of carbonyl (C=O) groups excluding carboxylic acids is 1. The molecule has 1 saturated heterocycles. The molecule has 1 fully saturated rings. The number of amides is 2. The summed E-state index contributed by atoms with van der Waals surface area (Å²) in [6.45, 7) is 0.576. The van der Waals surface area contributed by atoms with Gasteiger partial charge in [-0.2, -0.15) is 13.2 Å². The van der Waals surface area contributed by atoms with E-state index < -0.39 is 22.8 Å². The molecule has 1 aliphatic rings. The number of urea groups is 1. The summed E-state index contributed by atoms with van der Waals surface area (Å²) >= 11 is 5.61. The van der Waals surface area contributed by atoms with Gasteiger partial charge in [0.25, 0.3) is 0 Å². The van der Waals surface area contributed by atoms with Crippen molar-refractivity contribution in [3.8, 4) is 5.75 Å². The lowest BCUT2D eigenvalue weighted by Gasteiger charge is -2.20. The average molecular weight is 357 g/mol. The van der Waals surface area contributed by atoms with E-state index in [0.29, 0.717) is 12.2 Å². The van der Waals surface area contributed by atoms with Gasteiger partial charge in [-0.1, -0.05) is 11.6 Å². The Kier molecular flexibility index (Phi) is 4.04. The zero-order chi connectivity index (χ0) is 17.5. The predicted octanol–water partition coefficient (Wildman–Crippen LogP) is 4.51. The van der Waals surface area contributed by atoms with Crippen molar-refractivity contribution in [1.29, 1.82) is 0 Å². The van der Waals surface area contributed by atoms with Crippen molar-refractivity contribution in [2.24, 2.45) is 0 Å². The van der Waals surface area contributed by atoms with E-state index >= 15 is 0 Å². The van der Waals surface area contributed by atoms with Crippen LogP contribution in [0.1, 0.15) is 5.56 Å². The highest BCUT2D eigenvalue weighted by Crippen LogP contribution is 2.37. The average Bonchev–Trinajstić information content (AvgIpc) is 2.89. The van der Waals surface area contributed by atoms with Gasteiger partial charge in [0.2, 0.25) is 0 Å². The van der Waals surface area contributed by atoms with Crippen LogP contribution in [0.25, 0.3) is 0 Å². The number of aromatic hydroxyl groups is 1. The molecule has 3 rings (SSSR count). The lowest BCUT2D eigenvalue weighted by atomic mass is 10.2. The number of nitrogens with zero attached hydrogens (tertiary/aromatic N) is 2. The first-order valence-electron chi connectivity index (χ1n) is 7.02. The maximum atomic E-state index is 13.0. The quantitative estimate of drug-likeness (QED) is 0.860. The molecule has 0 aromatic heterocycles. The van der Waals surface area contributed by atoms with Gasteiger partial charge in [-0.25, -0.2) is 4.79 Å². The number of alkyl halides is 3. The number of rotatable bonds is 2. The topological polar surface area (TPSA) is 43.8 Å². The van der Waals surface area contributed by atoms with Gasteiger partial charge in [0.1, 0.15) is 5.75 Å². The fourth-order valence-electron chi connectivity index (χ4n) is 2.55. The van der Waals surface area contributed by atoms with Crippen molar-refractivity contribution in [2.75, 3.05) is 22.9 Å². The Morgan fingerprint density at radius 3 is 2.08 bits per heavy atom. The summed E-state index contributed by atoms with van der Waals surface area (Å²) in [7, 11) is 0. The van der Waals surface area contributed by atoms with Crippen LogP contribution in [-0.2, 0) is 6.18 Å². The summed E-state index contributed by atoms with van der Waals surface area (Å²) in [5.41, 5.74) is -0.277. The highest BCUT2D eigenvalue weighted by Gasteiger charge is 2.36. The van der Waals surface area contributed by atoms with Gasteiger partial charge in [-0.3, -0.25) is 9.80 Å². The van der Waals surface area contributed by atoms with E-state index in [1.807, 2.05) is 0 Å². The highest BCUT2D eigenvalue weighted by atomic mass is 35.5. The summed E-state index contributed by atoms with van der Waals surface area (Å²) in [6, 6.07) is 8.98. The smallest absolute Gasteiger partial charge is 0.417 e. The number of benzene rings is 2. The van der Waals surface area contributed by atoms with E-state index in [-0.39, 0.29) is 18.0 Å². The molecule has 4 nitrogen and oxygen atoms in total. The van der Waals surface area contributed by atoms with E-state index in [2.05, 4.69) is 0 Å². The third-order valence-electron chi connectivity index (χ3n) is 3.74. The number of halogens is 4. The normalized spacial score (nSPS) is 15.2. The zero-order valence-electron chi connectivity index (χ0n) is 12.2. The monoisotopic (exact) mass is 356 g/mol. The molecule has 1 aliphatic heterocycles. The van der Waals surface area contributed by atoms with Crippen LogP contribution in [0.2, 0.25) is 5.02 Å². The van der Waals surface area contributed by atoms with Gasteiger partial charge < -0.3 is 5.11 Å². The number of hydrogen-bond acceptors (Lipinski definition) is 2. The first kappa shape index (κ1) is 16.4. The minimum atomic E-state index is -4.59. The SMILES string of the molecule is O=C1N(c2ccc(O)cc2)CCN1c1ccc(Cl)c(C(F)(F)F)c1. The van der Waals surface area contributed by atoms with Gasteiger partial charge in [0.15, 0.2) is 0 Å². The molecule has 0 saturated carbocycles. The van der Waals surface area contributed by atoms with Gasteiger partial charge in [0, 0.05) is 24.5 Å². The van der Waals surface area contributed by atoms with Crippen LogP contribution < -0.4 is 9.80 Å². The second kappa shape index (κ2) is 5.90. The van der Waals surface area contributed by atoms with Crippen LogP contribution in [0.3, 0.4) is 0 Å². The number of phenols is 1. The maximum absolute atomic E-state index is 13.0. The van der Waals surface area contributed by atoms with Crippen molar-refractivity contribution >= 4 is 29.0 Å². The molecule has 0 radical (unpaired) electrons. The molecule has 2 amide bonds. The van der Waals surface area contributed by atoms with Gasteiger partial charge in [-0.05, 0) is 42.5 Å². The van der Waals surface area contributed by atoms with Crippen molar-refractivity contribution in [1.82, 2.24) is 0 Å². The Hall–Kier alpha value is -2.41. The minimum Gasteiger partial charge on any atom is -0.508 e.